The molecule has 4 heterocycles. The van der Waals surface area contributed by atoms with Crippen molar-refractivity contribution >= 4 is 65.6 Å². The van der Waals surface area contributed by atoms with Gasteiger partial charge in [-0.05, 0) is 108 Å². The van der Waals surface area contributed by atoms with E-state index in [1.165, 1.54) is 10.8 Å². The van der Waals surface area contributed by atoms with Gasteiger partial charge in [0, 0.05) is 44.1 Å². The minimum absolute atomic E-state index is 0.504. The number of fused-ring (bicyclic) bond motifs is 10. The van der Waals surface area contributed by atoms with Gasteiger partial charge in [-0.3, -0.25) is 0 Å². The summed E-state index contributed by atoms with van der Waals surface area (Å²) < 4.78 is 15.2. The second-order valence-corrected chi connectivity index (χ2v) is 14.6. The monoisotopic (exact) mass is 756 g/mol. The summed E-state index contributed by atoms with van der Waals surface area (Å²) in [4.78, 5) is 20.0. The van der Waals surface area contributed by atoms with Gasteiger partial charge >= 0.3 is 0 Å². The van der Waals surface area contributed by atoms with E-state index >= 15 is 0 Å². The van der Waals surface area contributed by atoms with Crippen LogP contribution in [0.2, 0.25) is 0 Å². The number of rotatable bonds is 5. The Bertz CT molecular complexity index is 3620. The summed E-state index contributed by atoms with van der Waals surface area (Å²) in [7, 11) is 0. The largest absolute Gasteiger partial charge is 0.456 e. The molecule has 8 heteroatoms. The number of aromatic nitrogens is 5. The summed E-state index contributed by atoms with van der Waals surface area (Å²) in [6, 6.07) is 59.0. The highest BCUT2D eigenvalue weighted by molar-refractivity contribution is 6.25. The molecule has 0 N–H and O–H groups in total. The third kappa shape index (κ3) is 5.23. The number of furan rings is 1. The lowest BCUT2D eigenvalue weighted by atomic mass is 10.0. The number of hydrogen-bond acceptors (Lipinski definition) is 7. The van der Waals surface area contributed by atoms with Crippen molar-refractivity contribution in [3.8, 4) is 57.4 Å². The summed E-state index contributed by atoms with van der Waals surface area (Å²) in [6.45, 7) is 0. The first-order chi connectivity index (χ1) is 29.2. The summed E-state index contributed by atoms with van der Waals surface area (Å²) in [5.74, 6) is 2.11. The van der Waals surface area contributed by atoms with E-state index in [4.69, 9.17) is 28.8 Å². The van der Waals surface area contributed by atoms with Crippen LogP contribution in [0.3, 0.4) is 0 Å². The average Bonchev–Trinajstić information content (AvgIpc) is 4.01. The second-order valence-electron chi connectivity index (χ2n) is 14.6. The number of nitriles is 1. The molecule has 0 atom stereocenters. The first kappa shape index (κ1) is 32.8. The van der Waals surface area contributed by atoms with Gasteiger partial charge in [0.25, 0.3) is 0 Å². The predicted octanol–water partition coefficient (Wildman–Crippen LogP) is 12.7. The molecule has 8 aromatic carbocycles. The maximum absolute atomic E-state index is 9.51. The standard InChI is InChI=1S/C51H28N6O2/c52-29-30-14-16-32(17-15-30)48-54-49(33-20-23-36(24-21-33)57-41-12-6-4-10-37(41)38-11-5-7-13-42(38)57)56-50(55-48)35-19-18-31-22-26-43-45(39(31)28-35)46-44(58-43)27-25-40-47(46)59-51(53-40)34-8-2-1-3-9-34/h1-28H. The molecule has 4 aromatic heterocycles. The predicted molar refractivity (Wildman–Crippen MR) is 233 cm³/mol. The molecule has 274 valence electrons. The molecular weight excluding hydrogens is 729 g/mol. The van der Waals surface area contributed by atoms with Gasteiger partial charge in [-0.15, -0.1) is 0 Å². The summed E-state index contributed by atoms with van der Waals surface area (Å²) in [5.41, 5.74) is 10.1. The fourth-order valence-electron chi connectivity index (χ4n) is 8.32. The van der Waals surface area contributed by atoms with E-state index in [9.17, 15) is 5.26 Å². The molecule has 12 rings (SSSR count). The van der Waals surface area contributed by atoms with E-state index in [-0.39, 0.29) is 0 Å². The zero-order chi connectivity index (χ0) is 39.0. The molecular formula is C51H28N6O2. The Balaban J connectivity index is 1.03. The molecule has 0 spiro atoms. The molecule has 0 radical (unpaired) electrons. The van der Waals surface area contributed by atoms with Gasteiger partial charge in [0.15, 0.2) is 23.1 Å². The van der Waals surface area contributed by atoms with Crippen LogP contribution in [0.15, 0.2) is 179 Å². The summed E-state index contributed by atoms with van der Waals surface area (Å²) >= 11 is 0. The Hall–Kier alpha value is -8.41. The molecule has 0 aliphatic rings. The third-order valence-corrected chi connectivity index (χ3v) is 11.1. The van der Waals surface area contributed by atoms with Crippen molar-refractivity contribution in [2.24, 2.45) is 0 Å². The lowest BCUT2D eigenvalue weighted by Crippen LogP contribution is -2.01. The van der Waals surface area contributed by atoms with Crippen molar-refractivity contribution in [2.75, 3.05) is 0 Å². The molecule has 0 fully saturated rings. The third-order valence-electron chi connectivity index (χ3n) is 11.1. The van der Waals surface area contributed by atoms with Crippen LogP contribution in [0, 0.1) is 11.3 Å². The van der Waals surface area contributed by atoms with E-state index in [0.29, 0.717) is 34.5 Å². The van der Waals surface area contributed by atoms with Crippen LogP contribution in [-0.4, -0.2) is 24.5 Å². The first-order valence-corrected chi connectivity index (χ1v) is 19.3. The number of benzene rings is 8. The highest BCUT2D eigenvalue weighted by Gasteiger charge is 2.20. The molecule has 0 amide bonds. The van der Waals surface area contributed by atoms with Crippen molar-refractivity contribution in [2.45, 2.75) is 0 Å². The van der Waals surface area contributed by atoms with Gasteiger partial charge in [0.05, 0.1) is 28.1 Å². The SMILES string of the molecule is N#Cc1ccc(-c2nc(-c3ccc(-n4c5ccccc5c5ccccc54)cc3)nc(-c3ccc4ccc5oc6ccc7nc(-c8ccccc8)oc7c6c5c4c3)n2)cc1. The number of oxazole rings is 1. The minimum Gasteiger partial charge on any atom is -0.456 e. The Morgan fingerprint density at radius 3 is 1.73 bits per heavy atom. The maximum atomic E-state index is 9.51. The lowest BCUT2D eigenvalue weighted by molar-refractivity contribution is 0.622. The van der Waals surface area contributed by atoms with Crippen LogP contribution >= 0.6 is 0 Å². The molecule has 0 saturated heterocycles. The zero-order valence-corrected chi connectivity index (χ0v) is 31.2. The highest BCUT2D eigenvalue weighted by Crippen LogP contribution is 2.41. The van der Waals surface area contributed by atoms with Crippen LogP contribution < -0.4 is 0 Å². The van der Waals surface area contributed by atoms with Crippen LogP contribution in [0.4, 0.5) is 0 Å². The highest BCUT2D eigenvalue weighted by atomic mass is 16.4. The van der Waals surface area contributed by atoms with E-state index in [2.05, 4.69) is 102 Å². The van der Waals surface area contributed by atoms with Gasteiger partial charge in [0.1, 0.15) is 16.7 Å². The smallest absolute Gasteiger partial charge is 0.227 e. The normalized spacial score (nSPS) is 11.7. The van der Waals surface area contributed by atoms with Gasteiger partial charge in [-0.25, -0.2) is 19.9 Å². The van der Waals surface area contributed by atoms with Crippen LogP contribution in [0.1, 0.15) is 5.56 Å². The van der Waals surface area contributed by atoms with Crippen molar-refractivity contribution < 1.29 is 8.83 Å². The minimum atomic E-state index is 0.504. The van der Waals surface area contributed by atoms with Gasteiger partial charge in [-0.2, -0.15) is 5.26 Å². The topological polar surface area (TPSA) is 107 Å². The molecule has 0 aliphatic heterocycles. The number of para-hydroxylation sites is 2. The van der Waals surface area contributed by atoms with Crippen molar-refractivity contribution in [3.63, 3.8) is 0 Å². The van der Waals surface area contributed by atoms with E-state index in [1.807, 2.05) is 66.7 Å². The van der Waals surface area contributed by atoms with Gasteiger partial charge < -0.3 is 13.4 Å². The van der Waals surface area contributed by atoms with Crippen molar-refractivity contribution in [1.82, 2.24) is 24.5 Å². The Morgan fingerprint density at radius 1 is 0.458 bits per heavy atom. The van der Waals surface area contributed by atoms with Crippen molar-refractivity contribution in [3.05, 3.63) is 175 Å². The zero-order valence-electron chi connectivity index (χ0n) is 31.2. The molecule has 59 heavy (non-hydrogen) atoms. The molecule has 12 aromatic rings. The van der Waals surface area contributed by atoms with E-state index in [1.54, 1.807) is 12.1 Å². The number of nitrogens with zero attached hydrogens (tertiary/aromatic N) is 6. The van der Waals surface area contributed by atoms with Crippen LogP contribution in [-0.2, 0) is 0 Å². The Morgan fingerprint density at radius 2 is 1.03 bits per heavy atom. The molecule has 8 nitrogen and oxygen atoms in total. The average molecular weight is 757 g/mol. The molecule has 0 saturated carbocycles. The molecule has 0 unspecified atom stereocenters. The summed E-state index contributed by atoms with van der Waals surface area (Å²) in [5, 5.41) is 15.7. The van der Waals surface area contributed by atoms with E-state index in [0.717, 1.165) is 77.2 Å². The lowest BCUT2D eigenvalue weighted by Gasteiger charge is -2.11. The second kappa shape index (κ2) is 12.8. The van der Waals surface area contributed by atoms with Crippen molar-refractivity contribution in [1.29, 1.82) is 5.26 Å². The maximum Gasteiger partial charge on any atom is 0.227 e. The van der Waals surface area contributed by atoms with E-state index < -0.39 is 0 Å². The van der Waals surface area contributed by atoms with Crippen LogP contribution in [0.25, 0.3) is 117 Å². The Kier molecular flexibility index (Phi) is 7.12. The fourth-order valence-corrected chi connectivity index (χ4v) is 8.32. The van der Waals surface area contributed by atoms with Gasteiger partial charge in [-0.1, -0.05) is 72.8 Å². The first-order valence-electron chi connectivity index (χ1n) is 19.3. The molecule has 0 aliphatic carbocycles. The van der Waals surface area contributed by atoms with Crippen LogP contribution in [0.5, 0.6) is 0 Å². The molecule has 0 bridgehead atoms. The fraction of sp³-hybridized carbons (Fsp3) is 0. The quantitative estimate of drug-likeness (QED) is 0.172. The van der Waals surface area contributed by atoms with Gasteiger partial charge in [0.2, 0.25) is 5.89 Å². The summed E-state index contributed by atoms with van der Waals surface area (Å²) in [6.07, 6.45) is 0. The number of hydrogen-bond donors (Lipinski definition) is 0. The Labute approximate surface area is 335 Å².